The molecular formula is C20H20N2O6. The van der Waals surface area contributed by atoms with Crippen molar-refractivity contribution >= 4 is 29.6 Å². The number of ether oxygens (including phenoxy) is 1. The highest BCUT2D eigenvalue weighted by molar-refractivity contribution is 6.21. The lowest BCUT2D eigenvalue weighted by Gasteiger charge is -2.19. The van der Waals surface area contributed by atoms with Crippen LogP contribution in [0.5, 0.6) is 0 Å². The maximum Gasteiger partial charge on any atom is 0.326 e. The van der Waals surface area contributed by atoms with Gasteiger partial charge < -0.3 is 4.74 Å². The number of hydrogen-bond acceptors (Lipinski definition) is 6. The molecule has 8 heteroatoms. The number of imide groups is 2. The third kappa shape index (κ3) is 2.98. The number of esters is 1. The van der Waals surface area contributed by atoms with Crippen molar-refractivity contribution in [1.82, 2.24) is 9.80 Å². The Kier molecular flexibility index (Phi) is 4.70. The van der Waals surface area contributed by atoms with Crippen molar-refractivity contribution in [1.29, 1.82) is 0 Å². The molecule has 0 aromatic heterocycles. The van der Waals surface area contributed by atoms with Crippen molar-refractivity contribution in [3.63, 3.8) is 0 Å². The highest BCUT2D eigenvalue weighted by Crippen LogP contribution is 2.37. The number of carbonyl (C=O) groups excluding carboxylic acids is 5. The zero-order valence-corrected chi connectivity index (χ0v) is 15.3. The number of likely N-dealkylation sites (tertiary alicyclic amines) is 1. The lowest BCUT2D eigenvalue weighted by atomic mass is 9.81. The summed E-state index contributed by atoms with van der Waals surface area (Å²) in [6.45, 7) is -0.689. The molecule has 8 nitrogen and oxygen atoms in total. The average Bonchev–Trinajstić information content (AvgIpc) is 3.09. The van der Waals surface area contributed by atoms with Gasteiger partial charge in [-0.15, -0.1) is 0 Å². The lowest BCUT2D eigenvalue weighted by molar-refractivity contribution is -0.153. The van der Waals surface area contributed by atoms with Gasteiger partial charge in [0.25, 0.3) is 11.8 Å². The van der Waals surface area contributed by atoms with Crippen LogP contribution in [-0.2, 0) is 19.1 Å². The van der Waals surface area contributed by atoms with E-state index in [0.717, 1.165) is 22.6 Å². The number of nitrogens with zero attached hydrogens (tertiary/aromatic N) is 2. The van der Waals surface area contributed by atoms with Crippen LogP contribution in [-0.4, -0.2) is 59.1 Å². The Labute approximate surface area is 161 Å². The molecule has 28 heavy (non-hydrogen) atoms. The first kappa shape index (κ1) is 18.3. The molecule has 2 unspecified atom stereocenters. The summed E-state index contributed by atoms with van der Waals surface area (Å²) < 4.78 is 5.08. The Morgan fingerprint density at radius 2 is 1.43 bits per heavy atom. The summed E-state index contributed by atoms with van der Waals surface area (Å²) in [6, 6.07) is 6.50. The fraction of sp³-hybridized carbons (Fsp3) is 0.450. The topological polar surface area (TPSA) is 101 Å². The maximum absolute atomic E-state index is 12.4. The molecule has 2 aliphatic heterocycles. The molecule has 1 saturated carbocycles. The van der Waals surface area contributed by atoms with Crippen molar-refractivity contribution in [2.45, 2.75) is 25.7 Å². The van der Waals surface area contributed by atoms with E-state index in [-0.39, 0.29) is 36.8 Å². The van der Waals surface area contributed by atoms with Gasteiger partial charge in [0, 0.05) is 0 Å². The summed E-state index contributed by atoms with van der Waals surface area (Å²) in [6.07, 6.45) is 3.19. The minimum atomic E-state index is -0.725. The molecule has 1 aromatic rings. The highest BCUT2D eigenvalue weighted by Gasteiger charge is 2.48. The van der Waals surface area contributed by atoms with E-state index in [1.807, 2.05) is 0 Å². The van der Waals surface area contributed by atoms with Gasteiger partial charge in [-0.05, 0) is 25.0 Å². The van der Waals surface area contributed by atoms with Gasteiger partial charge in [0.1, 0.15) is 13.2 Å². The van der Waals surface area contributed by atoms with Crippen LogP contribution in [0.25, 0.3) is 0 Å². The summed E-state index contributed by atoms with van der Waals surface area (Å²) in [5.74, 6) is -2.80. The molecule has 3 aliphatic rings. The summed E-state index contributed by atoms with van der Waals surface area (Å²) in [7, 11) is 0. The van der Waals surface area contributed by atoms with Crippen LogP contribution in [0, 0.1) is 11.8 Å². The Hall–Kier alpha value is -3.03. The van der Waals surface area contributed by atoms with E-state index >= 15 is 0 Å². The predicted octanol–water partition coefficient (Wildman–Crippen LogP) is 1.00. The number of amides is 4. The molecule has 146 valence electrons. The molecule has 0 bridgehead atoms. The minimum absolute atomic E-state index is 0.0781. The van der Waals surface area contributed by atoms with Gasteiger partial charge in [-0.3, -0.25) is 33.8 Å². The van der Waals surface area contributed by atoms with E-state index in [2.05, 4.69) is 0 Å². The van der Waals surface area contributed by atoms with E-state index in [1.54, 1.807) is 24.3 Å². The zero-order valence-electron chi connectivity index (χ0n) is 15.3. The van der Waals surface area contributed by atoms with Crippen molar-refractivity contribution < 1.29 is 28.7 Å². The van der Waals surface area contributed by atoms with Crippen molar-refractivity contribution in [3.05, 3.63) is 35.4 Å². The van der Waals surface area contributed by atoms with Gasteiger partial charge in [0.15, 0.2) is 0 Å². The molecule has 4 amide bonds. The van der Waals surface area contributed by atoms with Crippen LogP contribution in [0.2, 0.25) is 0 Å². The average molecular weight is 384 g/mol. The molecular weight excluding hydrogens is 364 g/mol. The highest BCUT2D eigenvalue weighted by atomic mass is 16.5. The molecule has 2 heterocycles. The summed E-state index contributed by atoms with van der Waals surface area (Å²) in [4.78, 5) is 63.4. The second kappa shape index (κ2) is 7.18. The van der Waals surface area contributed by atoms with E-state index in [0.29, 0.717) is 24.0 Å². The third-order valence-corrected chi connectivity index (χ3v) is 5.68. The lowest BCUT2D eigenvalue weighted by Crippen LogP contribution is -2.38. The standard InChI is InChI=1S/C20H20N2O6/c23-16(11-22-19(26)14-7-3-4-8-15(14)20(22)27)28-10-9-21-17(24)12-5-1-2-6-13(12)18(21)25/h1-2,5-6,14-15H,3-4,7-11H2. The molecule has 1 aliphatic carbocycles. The Balaban J connectivity index is 1.30. The Morgan fingerprint density at radius 1 is 0.893 bits per heavy atom. The van der Waals surface area contributed by atoms with Crippen molar-refractivity contribution in [2.24, 2.45) is 11.8 Å². The second-order valence-corrected chi connectivity index (χ2v) is 7.29. The monoisotopic (exact) mass is 384 g/mol. The quantitative estimate of drug-likeness (QED) is 0.555. The van der Waals surface area contributed by atoms with Gasteiger partial charge in [-0.2, -0.15) is 0 Å². The number of fused-ring (bicyclic) bond motifs is 2. The van der Waals surface area contributed by atoms with E-state index in [4.69, 9.17) is 4.74 Å². The number of carbonyl (C=O) groups is 5. The van der Waals surface area contributed by atoms with Crippen LogP contribution in [0.1, 0.15) is 46.4 Å². The third-order valence-electron chi connectivity index (χ3n) is 5.68. The first-order chi connectivity index (χ1) is 13.5. The van der Waals surface area contributed by atoms with Gasteiger partial charge in [0.05, 0.1) is 29.5 Å². The molecule has 1 saturated heterocycles. The smallest absolute Gasteiger partial charge is 0.326 e. The number of rotatable bonds is 5. The second-order valence-electron chi connectivity index (χ2n) is 7.29. The molecule has 4 rings (SSSR count). The fourth-order valence-electron chi connectivity index (χ4n) is 4.25. The Morgan fingerprint density at radius 3 is 1.96 bits per heavy atom. The maximum atomic E-state index is 12.4. The zero-order chi connectivity index (χ0) is 19.8. The van der Waals surface area contributed by atoms with Gasteiger partial charge in [-0.1, -0.05) is 25.0 Å². The van der Waals surface area contributed by atoms with Crippen LogP contribution >= 0.6 is 0 Å². The van der Waals surface area contributed by atoms with Crippen LogP contribution in [0.15, 0.2) is 24.3 Å². The van der Waals surface area contributed by atoms with E-state index in [1.165, 1.54) is 0 Å². The van der Waals surface area contributed by atoms with Crippen LogP contribution in [0.4, 0.5) is 0 Å². The first-order valence-corrected chi connectivity index (χ1v) is 9.45. The van der Waals surface area contributed by atoms with Crippen molar-refractivity contribution in [3.8, 4) is 0 Å². The summed E-state index contributed by atoms with van der Waals surface area (Å²) in [5.41, 5.74) is 0.657. The molecule has 1 aromatic carbocycles. The largest absolute Gasteiger partial charge is 0.462 e. The van der Waals surface area contributed by atoms with Crippen LogP contribution in [0.3, 0.4) is 0 Å². The molecule has 0 N–H and O–H groups in total. The number of benzene rings is 1. The van der Waals surface area contributed by atoms with Crippen LogP contribution < -0.4 is 0 Å². The van der Waals surface area contributed by atoms with Crippen molar-refractivity contribution in [2.75, 3.05) is 19.7 Å². The summed E-state index contributed by atoms with van der Waals surface area (Å²) in [5, 5.41) is 0. The normalized spacial score (nSPS) is 23.9. The van der Waals surface area contributed by atoms with E-state index < -0.39 is 24.3 Å². The minimum Gasteiger partial charge on any atom is -0.462 e. The SMILES string of the molecule is O=C(CN1C(=O)C2CCCCC2C1=O)OCCN1C(=O)c2ccccc2C1=O. The molecule has 2 atom stereocenters. The summed E-state index contributed by atoms with van der Waals surface area (Å²) >= 11 is 0. The van der Waals surface area contributed by atoms with E-state index in [9.17, 15) is 24.0 Å². The Bertz CT molecular complexity index is 820. The predicted molar refractivity (Wildman–Crippen MR) is 94.9 cm³/mol. The van der Waals surface area contributed by atoms with Gasteiger partial charge >= 0.3 is 5.97 Å². The fourth-order valence-corrected chi connectivity index (χ4v) is 4.25. The molecule has 0 radical (unpaired) electrons. The molecule has 2 fully saturated rings. The van der Waals surface area contributed by atoms with Gasteiger partial charge in [0.2, 0.25) is 11.8 Å². The van der Waals surface area contributed by atoms with Gasteiger partial charge in [-0.25, -0.2) is 0 Å². The first-order valence-electron chi connectivity index (χ1n) is 9.45. The molecule has 0 spiro atoms. The number of hydrogen-bond donors (Lipinski definition) is 0.